The van der Waals surface area contributed by atoms with Crippen molar-refractivity contribution in [1.82, 2.24) is 10.2 Å². The van der Waals surface area contributed by atoms with Crippen molar-refractivity contribution in [2.75, 3.05) is 24.3 Å². The van der Waals surface area contributed by atoms with Crippen molar-refractivity contribution in [3.63, 3.8) is 0 Å². The highest BCUT2D eigenvalue weighted by molar-refractivity contribution is 6.02. The van der Waals surface area contributed by atoms with Crippen LogP contribution in [0.15, 0.2) is 42.5 Å². The van der Waals surface area contributed by atoms with E-state index in [1.165, 1.54) is 24.3 Å². The van der Waals surface area contributed by atoms with Gasteiger partial charge >= 0.3 is 6.03 Å². The van der Waals surface area contributed by atoms with Crippen LogP contribution < -0.4 is 20.7 Å². The van der Waals surface area contributed by atoms with Crippen molar-refractivity contribution in [3.05, 3.63) is 53.8 Å². The van der Waals surface area contributed by atoms with E-state index in [1.807, 2.05) is 0 Å². The normalized spacial score (nSPS) is 23.4. The molecule has 2 aliphatic heterocycles. The Morgan fingerprint density at radius 2 is 1.76 bits per heavy atom. The third-order valence-electron chi connectivity index (χ3n) is 7.26. The lowest BCUT2D eigenvalue weighted by molar-refractivity contribution is -0.135. The monoisotopic (exact) mass is 510 g/mol. The Kier molecular flexibility index (Phi) is 7.27. The van der Waals surface area contributed by atoms with E-state index >= 15 is 0 Å². The molecule has 5 rings (SSSR count). The van der Waals surface area contributed by atoms with Gasteiger partial charge in [0.2, 0.25) is 5.91 Å². The standard InChI is InChI=1S/C27H31FN4O5/c1-32-22-11-10-20(14-25(33)29-17-3-2-4-17)37-24(22)15-36-23-12-9-19(13-21(23)26(32)34)31-27(35)30-18-7-5-16(28)6-8-18/h5-9,12-13,17,20,22,24H,2-4,10-11,14-15H2,1H3,(H,29,33)(H2,30,31,35)/t20-,22+,24+/m0/s1. The van der Waals surface area contributed by atoms with Gasteiger partial charge in [0, 0.05) is 24.5 Å². The number of rotatable bonds is 5. The van der Waals surface area contributed by atoms with Crippen molar-refractivity contribution in [1.29, 1.82) is 0 Å². The van der Waals surface area contributed by atoms with Gasteiger partial charge in [-0.25, -0.2) is 9.18 Å². The third-order valence-corrected chi connectivity index (χ3v) is 7.26. The molecule has 3 N–H and O–H groups in total. The first kappa shape index (κ1) is 25.0. The first-order valence-corrected chi connectivity index (χ1v) is 12.7. The molecule has 37 heavy (non-hydrogen) atoms. The van der Waals surface area contributed by atoms with Crippen LogP contribution in [0.4, 0.5) is 20.6 Å². The van der Waals surface area contributed by atoms with Crippen LogP contribution in [0.1, 0.15) is 48.9 Å². The van der Waals surface area contributed by atoms with Crippen molar-refractivity contribution in [2.45, 2.75) is 62.8 Å². The number of hydrogen-bond donors (Lipinski definition) is 3. The quantitative estimate of drug-likeness (QED) is 0.565. The average Bonchev–Trinajstić information content (AvgIpc) is 2.85. The first-order valence-electron chi connectivity index (χ1n) is 12.7. The average molecular weight is 511 g/mol. The van der Waals surface area contributed by atoms with E-state index < -0.39 is 11.8 Å². The maximum absolute atomic E-state index is 13.4. The molecule has 3 aliphatic rings. The fourth-order valence-corrected chi connectivity index (χ4v) is 4.98. The third kappa shape index (κ3) is 5.85. The van der Waals surface area contributed by atoms with E-state index in [9.17, 15) is 18.8 Å². The summed E-state index contributed by atoms with van der Waals surface area (Å²) in [5.41, 5.74) is 1.19. The topological polar surface area (TPSA) is 109 Å². The Bertz CT molecular complexity index is 1170. The molecule has 4 amide bonds. The molecule has 10 heteroatoms. The number of benzene rings is 2. The summed E-state index contributed by atoms with van der Waals surface area (Å²) in [5, 5.41) is 8.38. The molecule has 3 atom stereocenters. The summed E-state index contributed by atoms with van der Waals surface area (Å²) >= 11 is 0. The Labute approximate surface area is 214 Å². The molecule has 0 bridgehead atoms. The molecular weight excluding hydrogens is 479 g/mol. The largest absolute Gasteiger partial charge is 0.490 e. The number of fused-ring (bicyclic) bond motifs is 2. The number of nitrogens with one attached hydrogen (secondary N) is 3. The van der Waals surface area contributed by atoms with Crippen molar-refractivity contribution < 1.29 is 28.2 Å². The van der Waals surface area contributed by atoms with Crippen LogP contribution in [-0.4, -0.2) is 60.7 Å². The molecule has 2 aromatic rings. The van der Waals surface area contributed by atoms with Crippen LogP contribution in [0.2, 0.25) is 0 Å². The molecule has 1 aliphatic carbocycles. The Balaban J connectivity index is 1.23. The number of halogens is 1. The molecule has 0 aromatic heterocycles. The number of hydrogen-bond acceptors (Lipinski definition) is 5. The minimum Gasteiger partial charge on any atom is -0.490 e. The van der Waals surface area contributed by atoms with Crippen LogP contribution in [0, 0.1) is 5.82 Å². The minimum atomic E-state index is -0.521. The lowest BCUT2D eigenvalue weighted by Gasteiger charge is -2.42. The van der Waals surface area contributed by atoms with Crippen LogP contribution in [-0.2, 0) is 9.53 Å². The molecule has 9 nitrogen and oxygen atoms in total. The predicted octanol–water partition coefficient (Wildman–Crippen LogP) is 3.91. The molecule has 0 unspecified atom stereocenters. The molecule has 0 spiro atoms. The molecule has 0 radical (unpaired) electrons. The lowest BCUT2D eigenvalue weighted by atomic mass is 9.92. The van der Waals surface area contributed by atoms with Crippen molar-refractivity contribution in [2.24, 2.45) is 0 Å². The van der Waals surface area contributed by atoms with Crippen molar-refractivity contribution in [3.8, 4) is 5.75 Å². The van der Waals surface area contributed by atoms with Crippen LogP contribution in [0.25, 0.3) is 0 Å². The van der Waals surface area contributed by atoms with E-state index in [0.29, 0.717) is 48.0 Å². The molecule has 2 fully saturated rings. The predicted molar refractivity (Wildman–Crippen MR) is 135 cm³/mol. The second kappa shape index (κ2) is 10.8. The fraction of sp³-hybridized carbons (Fsp3) is 0.444. The van der Waals surface area contributed by atoms with Crippen LogP contribution in [0.5, 0.6) is 5.75 Å². The highest BCUT2D eigenvalue weighted by Crippen LogP contribution is 2.32. The number of likely N-dealkylation sites (N-methyl/N-ethyl adjacent to an activating group) is 1. The zero-order valence-corrected chi connectivity index (χ0v) is 20.7. The van der Waals surface area contributed by atoms with Gasteiger partial charge in [0.05, 0.1) is 24.1 Å². The van der Waals surface area contributed by atoms with E-state index in [1.54, 1.807) is 30.1 Å². The van der Waals surface area contributed by atoms with Crippen molar-refractivity contribution >= 4 is 29.2 Å². The van der Waals surface area contributed by atoms with E-state index in [0.717, 1.165) is 19.3 Å². The van der Waals surface area contributed by atoms with E-state index in [-0.39, 0.29) is 36.7 Å². The second-order valence-corrected chi connectivity index (χ2v) is 9.86. The summed E-state index contributed by atoms with van der Waals surface area (Å²) in [4.78, 5) is 39.8. The Morgan fingerprint density at radius 3 is 2.49 bits per heavy atom. The van der Waals surface area contributed by atoms with Gasteiger partial charge in [0.25, 0.3) is 5.91 Å². The van der Waals surface area contributed by atoms with Gasteiger partial charge in [-0.1, -0.05) is 0 Å². The maximum Gasteiger partial charge on any atom is 0.323 e. The van der Waals surface area contributed by atoms with E-state index in [4.69, 9.17) is 9.47 Å². The number of urea groups is 1. The van der Waals surface area contributed by atoms with Gasteiger partial charge in [-0.15, -0.1) is 0 Å². The zero-order chi connectivity index (χ0) is 25.9. The number of carbonyl (C=O) groups excluding carboxylic acids is 3. The highest BCUT2D eigenvalue weighted by Gasteiger charge is 2.39. The Morgan fingerprint density at radius 1 is 1.03 bits per heavy atom. The smallest absolute Gasteiger partial charge is 0.323 e. The summed E-state index contributed by atoms with van der Waals surface area (Å²) in [6, 6.07) is 9.86. The molecule has 196 valence electrons. The molecule has 2 heterocycles. The SMILES string of the molecule is CN1C(=O)c2cc(NC(=O)Nc3ccc(F)cc3)ccc2OC[C@H]2O[C@H](CC(=O)NC3CCC3)CC[C@H]21. The van der Waals surface area contributed by atoms with Crippen LogP contribution in [0.3, 0.4) is 0 Å². The van der Waals surface area contributed by atoms with Gasteiger partial charge in [-0.05, 0) is 74.6 Å². The van der Waals surface area contributed by atoms with Gasteiger partial charge < -0.3 is 30.3 Å². The van der Waals surface area contributed by atoms with Gasteiger partial charge in [-0.3, -0.25) is 9.59 Å². The Hall–Kier alpha value is -3.66. The van der Waals surface area contributed by atoms with Crippen LogP contribution >= 0.6 is 0 Å². The minimum absolute atomic E-state index is 0.0122. The summed E-state index contributed by atoms with van der Waals surface area (Å²) < 4.78 is 25.3. The molecule has 1 saturated heterocycles. The van der Waals surface area contributed by atoms with Gasteiger partial charge in [0.1, 0.15) is 24.3 Å². The summed E-state index contributed by atoms with van der Waals surface area (Å²) in [7, 11) is 1.74. The zero-order valence-electron chi connectivity index (χ0n) is 20.7. The molecule has 1 saturated carbocycles. The van der Waals surface area contributed by atoms with E-state index in [2.05, 4.69) is 16.0 Å². The summed E-state index contributed by atoms with van der Waals surface area (Å²) in [5.74, 6) is -0.227. The van der Waals surface area contributed by atoms with Gasteiger partial charge in [0.15, 0.2) is 0 Å². The number of amides is 4. The summed E-state index contributed by atoms with van der Waals surface area (Å²) in [6.07, 6.45) is 4.36. The lowest BCUT2D eigenvalue weighted by Crippen LogP contribution is -2.54. The second-order valence-electron chi connectivity index (χ2n) is 9.86. The maximum atomic E-state index is 13.4. The number of carbonyl (C=O) groups is 3. The number of anilines is 2. The molecular formula is C27H31FN4O5. The van der Waals surface area contributed by atoms with Gasteiger partial charge in [-0.2, -0.15) is 0 Å². The molecule has 2 aromatic carbocycles. The number of nitrogens with zero attached hydrogens (tertiary/aromatic N) is 1. The first-order chi connectivity index (χ1) is 17.9. The highest BCUT2D eigenvalue weighted by atomic mass is 19.1. The summed E-state index contributed by atoms with van der Waals surface area (Å²) in [6.45, 7) is 0.244. The number of ether oxygens (including phenoxy) is 2. The fourth-order valence-electron chi connectivity index (χ4n) is 4.98.